The van der Waals surface area contributed by atoms with Gasteiger partial charge in [0.05, 0.1) is 31.2 Å². The van der Waals surface area contributed by atoms with Gasteiger partial charge in [-0.2, -0.15) is 0 Å². The maximum atomic E-state index is 12.5. The molecule has 136 valence electrons. The average molecular weight is 380 g/mol. The summed E-state index contributed by atoms with van der Waals surface area (Å²) in [6.07, 6.45) is 0. The quantitative estimate of drug-likeness (QED) is 0.507. The fourth-order valence-electron chi connectivity index (χ4n) is 2.78. The van der Waals surface area contributed by atoms with Crippen molar-refractivity contribution in [1.82, 2.24) is 4.98 Å². The van der Waals surface area contributed by atoms with Crippen LogP contribution in [0, 0.1) is 0 Å². The van der Waals surface area contributed by atoms with Crippen molar-refractivity contribution < 1.29 is 13.9 Å². The third kappa shape index (κ3) is 3.24. The van der Waals surface area contributed by atoms with E-state index in [2.05, 4.69) is 10.3 Å². The molecule has 0 atom stereocenters. The lowest BCUT2D eigenvalue weighted by Crippen LogP contribution is -2.03. The first-order valence-corrected chi connectivity index (χ1v) is 9.04. The van der Waals surface area contributed by atoms with Gasteiger partial charge in [0.25, 0.3) is 0 Å². The number of ether oxygens (including phenoxy) is 2. The van der Waals surface area contributed by atoms with Gasteiger partial charge in [-0.3, -0.25) is 0 Å². The van der Waals surface area contributed by atoms with Crippen molar-refractivity contribution in [2.24, 2.45) is 0 Å². The number of fused-ring (bicyclic) bond motifs is 1. The highest BCUT2D eigenvalue weighted by Crippen LogP contribution is 2.32. The van der Waals surface area contributed by atoms with E-state index in [4.69, 9.17) is 13.9 Å². The fourth-order valence-corrected chi connectivity index (χ4v) is 3.50. The van der Waals surface area contributed by atoms with Crippen LogP contribution in [0.15, 0.2) is 63.1 Å². The van der Waals surface area contributed by atoms with Gasteiger partial charge < -0.3 is 19.2 Å². The number of aromatic nitrogens is 1. The number of hydrogen-bond acceptors (Lipinski definition) is 7. The molecule has 0 saturated heterocycles. The Hall–Kier alpha value is -3.32. The molecular formula is C20H16N2O4S. The number of nitrogens with zero attached hydrogens (tertiary/aromatic N) is 1. The Balaban J connectivity index is 1.71. The van der Waals surface area contributed by atoms with Gasteiger partial charge in [0.1, 0.15) is 5.75 Å². The number of anilines is 2. The summed E-state index contributed by atoms with van der Waals surface area (Å²) < 4.78 is 16.1. The van der Waals surface area contributed by atoms with Crippen molar-refractivity contribution in [3.05, 3.63) is 64.3 Å². The number of methoxy groups -OCH3 is 2. The van der Waals surface area contributed by atoms with Gasteiger partial charge in [0, 0.05) is 10.8 Å². The Morgan fingerprint density at radius 1 is 1.04 bits per heavy atom. The molecule has 1 N–H and O–H groups in total. The zero-order chi connectivity index (χ0) is 18.8. The SMILES string of the molecule is COc1ccccc1Nc1nc(-c2cc3cccc(OC)c3oc2=O)cs1. The highest BCUT2D eigenvalue weighted by atomic mass is 32.1. The average Bonchev–Trinajstić information content (AvgIpc) is 3.15. The number of benzene rings is 2. The topological polar surface area (TPSA) is 73.6 Å². The van der Waals surface area contributed by atoms with Gasteiger partial charge in [-0.05, 0) is 24.3 Å². The number of hydrogen-bond donors (Lipinski definition) is 1. The first-order chi connectivity index (χ1) is 13.2. The minimum absolute atomic E-state index is 0.403. The largest absolute Gasteiger partial charge is 0.495 e. The van der Waals surface area contributed by atoms with Crippen LogP contribution in [0.25, 0.3) is 22.2 Å². The van der Waals surface area contributed by atoms with Crippen LogP contribution in [0.2, 0.25) is 0 Å². The molecule has 4 rings (SSSR count). The van der Waals surface area contributed by atoms with Gasteiger partial charge in [0.15, 0.2) is 16.5 Å². The van der Waals surface area contributed by atoms with Gasteiger partial charge in [-0.1, -0.05) is 24.3 Å². The van der Waals surface area contributed by atoms with Crippen molar-refractivity contribution in [2.75, 3.05) is 19.5 Å². The minimum atomic E-state index is -0.457. The summed E-state index contributed by atoms with van der Waals surface area (Å²) in [6, 6.07) is 14.8. The number of rotatable bonds is 5. The van der Waals surface area contributed by atoms with Crippen LogP contribution < -0.4 is 20.4 Å². The van der Waals surface area contributed by atoms with Crippen LogP contribution in [0.5, 0.6) is 11.5 Å². The number of nitrogens with one attached hydrogen (secondary N) is 1. The standard InChI is InChI=1S/C20H16N2O4S/c1-24-16-8-4-3-7-14(16)21-20-22-15(11-27-20)13-10-12-6-5-9-17(25-2)18(12)26-19(13)23/h3-11H,1-2H3,(H,21,22). The summed E-state index contributed by atoms with van der Waals surface area (Å²) in [7, 11) is 3.15. The molecule has 0 fully saturated rings. The molecule has 27 heavy (non-hydrogen) atoms. The van der Waals surface area contributed by atoms with E-state index >= 15 is 0 Å². The van der Waals surface area contributed by atoms with Crippen molar-refractivity contribution >= 4 is 33.1 Å². The highest BCUT2D eigenvalue weighted by molar-refractivity contribution is 7.14. The highest BCUT2D eigenvalue weighted by Gasteiger charge is 2.14. The van der Waals surface area contributed by atoms with Crippen molar-refractivity contribution in [3.63, 3.8) is 0 Å². The Morgan fingerprint density at radius 3 is 2.63 bits per heavy atom. The van der Waals surface area contributed by atoms with Crippen molar-refractivity contribution in [2.45, 2.75) is 0 Å². The van der Waals surface area contributed by atoms with Crippen LogP contribution in [0.3, 0.4) is 0 Å². The maximum absolute atomic E-state index is 12.5. The van der Waals surface area contributed by atoms with Gasteiger partial charge in [-0.15, -0.1) is 11.3 Å². The Labute approximate surface area is 159 Å². The van der Waals surface area contributed by atoms with Crippen LogP contribution in [-0.4, -0.2) is 19.2 Å². The summed E-state index contributed by atoms with van der Waals surface area (Å²) in [5.74, 6) is 1.24. The molecule has 0 unspecified atom stereocenters. The molecule has 0 aliphatic heterocycles. The normalized spacial score (nSPS) is 10.7. The van der Waals surface area contributed by atoms with E-state index in [1.807, 2.05) is 41.8 Å². The van der Waals surface area contributed by atoms with Crippen LogP contribution in [0.1, 0.15) is 0 Å². The molecule has 0 bridgehead atoms. The molecule has 0 spiro atoms. The second kappa shape index (κ2) is 7.13. The fraction of sp³-hybridized carbons (Fsp3) is 0.100. The molecule has 2 heterocycles. The lowest BCUT2D eigenvalue weighted by molar-refractivity contribution is 0.407. The Kier molecular flexibility index (Phi) is 4.52. The maximum Gasteiger partial charge on any atom is 0.345 e. The lowest BCUT2D eigenvalue weighted by atomic mass is 10.1. The molecule has 0 amide bonds. The van der Waals surface area contributed by atoms with Crippen LogP contribution in [-0.2, 0) is 0 Å². The second-order valence-electron chi connectivity index (χ2n) is 5.69. The van der Waals surface area contributed by atoms with Crippen LogP contribution >= 0.6 is 11.3 Å². The number of para-hydroxylation sites is 3. The summed E-state index contributed by atoms with van der Waals surface area (Å²) in [5.41, 5.74) is 1.73. The first-order valence-electron chi connectivity index (χ1n) is 8.16. The summed E-state index contributed by atoms with van der Waals surface area (Å²) in [5, 5.41) is 6.46. The van der Waals surface area contributed by atoms with Crippen molar-refractivity contribution in [1.29, 1.82) is 0 Å². The first kappa shape index (κ1) is 17.1. The molecule has 7 heteroatoms. The molecule has 0 aliphatic carbocycles. The Bertz CT molecular complexity index is 1170. The zero-order valence-corrected chi connectivity index (χ0v) is 15.5. The van der Waals surface area contributed by atoms with E-state index in [0.29, 0.717) is 33.5 Å². The lowest BCUT2D eigenvalue weighted by Gasteiger charge is -2.08. The van der Waals surface area contributed by atoms with E-state index in [0.717, 1.165) is 11.1 Å². The van der Waals surface area contributed by atoms with E-state index in [9.17, 15) is 4.79 Å². The van der Waals surface area contributed by atoms with Crippen LogP contribution in [0.4, 0.5) is 10.8 Å². The third-order valence-corrected chi connectivity index (χ3v) is 4.83. The zero-order valence-electron chi connectivity index (χ0n) is 14.7. The monoisotopic (exact) mass is 380 g/mol. The molecule has 2 aromatic carbocycles. The molecule has 0 aliphatic rings. The molecule has 6 nitrogen and oxygen atoms in total. The molecule has 2 aromatic heterocycles. The molecule has 4 aromatic rings. The van der Waals surface area contributed by atoms with Gasteiger partial charge in [-0.25, -0.2) is 9.78 Å². The summed E-state index contributed by atoms with van der Waals surface area (Å²) in [6.45, 7) is 0. The van der Waals surface area contributed by atoms with Gasteiger partial charge in [0.2, 0.25) is 0 Å². The Morgan fingerprint density at radius 2 is 1.81 bits per heavy atom. The van der Waals surface area contributed by atoms with E-state index in [1.54, 1.807) is 26.4 Å². The van der Waals surface area contributed by atoms with Crippen molar-refractivity contribution in [3.8, 4) is 22.8 Å². The molecule has 0 saturated carbocycles. The predicted octanol–water partition coefficient (Wildman–Crippen LogP) is 4.68. The smallest absolute Gasteiger partial charge is 0.345 e. The van der Waals surface area contributed by atoms with E-state index < -0.39 is 5.63 Å². The predicted molar refractivity (Wildman–Crippen MR) is 106 cm³/mol. The summed E-state index contributed by atoms with van der Waals surface area (Å²) >= 11 is 1.40. The van der Waals surface area contributed by atoms with E-state index in [1.165, 1.54) is 11.3 Å². The van der Waals surface area contributed by atoms with Gasteiger partial charge >= 0.3 is 5.63 Å². The van der Waals surface area contributed by atoms with E-state index in [-0.39, 0.29) is 0 Å². The molecule has 0 radical (unpaired) electrons. The summed E-state index contributed by atoms with van der Waals surface area (Å²) in [4.78, 5) is 17.0. The third-order valence-electron chi connectivity index (χ3n) is 4.07. The second-order valence-corrected chi connectivity index (χ2v) is 6.55. The number of thiazole rings is 1. The molecular weight excluding hydrogens is 364 g/mol. The minimum Gasteiger partial charge on any atom is -0.495 e.